The van der Waals surface area contributed by atoms with Crippen molar-refractivity contribution in [3.05, 3.63) is 12.0 Å². The molecule has 1 aliphatic carbocycles. The van der Waals surface area contributed by atoms with E-state index in [9.17, 15) is 8.42 Å². The van der Waals surface area contributed by atoms with Gasteiger partial charge in [-0.25, -0.2) is 13.4 Å². The predicted molar refractivity (Wildman–Crippen MR) is 67.5 cm³/mol. The Bertz CT molecular complexity index is 525. The molecule has 2 bridgehead atoms. The van der Waals surface area contributed by atoms with Crippen molar-refractivity contribution in [2.75, 3.05) is 13.1 Å². The summed E-state index contributed by atoms with van der Waals surface area (Å²) in [7, 11) is -3.37. The summed E-state index contributed by atoms with van der Waals surface area (Å²) in [5, 5.41) is 0.236. The summed E-state index contributed by atoms with van der Waals surface area (Å²) < 4.78 is 26.6. The monoisotopic (exact) mass is 269 g/mol. The third-order valence-corrected chi connectivity index (χ3v) is 5.85. The number of piperidine rings is 1. The van der Waals surface area contributed by atoms with Gasteiger partial charge in [0, 0.05) is 13.1 Å². The molecular weight excluding hydrogens is 250 g/mol. The Morgan fingerprint density at radius 1 is 1.33 bits per heavy atom. The van der Waals surface area contributed by atoms with E-state index in [1.165, 1.54) is 31.9 Å². The van der Waals surface area contributed by atoms with Crippen LogP contribution in [0.15, 0.2) is 11.2 Å². The zero-order valence-electron chi connectivity index (χ0n) is 10.6. The number of hydrogen-bond acceptors (Lipinski definition) is 3. The van der Waals surface area contributed by atoms with Gasteiger partial charge in [-0.15, -0.1) is 0 Å². The highest BCUT2D eigenvalue weighted by Gasteiger charge is 2.37. The molecule has 1 saturated carbocycles. The van der Waals surface area contributed by atoms with Crippen LogP contribution in [0, 0.1) is 18.8 Å². The number of nitrogens with one attached hydrogen (secondary N) is 1. The van der Waals surface area contributed by atoms with Gasteiger partial charge in [-0.3, -0.25) is 0 Å². The molecule has 1 N–H and O–H groups in total. The van der Waals surface area contributed by atoms with Gasteiger partial charge < -0.3 is 4.98 Å². The molecule has 2 fully saturated rings. The molecule has 0 amide bonds. The van der Waals surface area contributed by atoms with Crippen molar-refractivity contribution in [3.63, 3.8) is 0 Å². The van der Waals surface area contributed by atoms with E-state index in [4.69, 9.17) is 0 Å². The molecule has 18 heavy (non-hydrogen) atoms. The van der Waals surface area contributed by atoms with Crippen LogP contribution in [-0.4, -0.2) is 35.8 Å². The molecule has 1 saturated heterocycles. The molecule has 6 heteroatoms. The second kappa shape index (κ2) is 4.35. The topological polar surface area (TPSA) is 66.1 Å². The first-order valence-electron chi connectivity index (χ1n) is 6.57. The Labute approximate surface area is 108 Å². The summed E-state index contributed by atoms with van der Waals surface area (Å²) in [5.41, 5.74) is 0. The lowest BCUT2D eigenvalue weighted by atomic mass is 9.79. The van der Waals surface area contributed by atoms with Gasteiger partial charge in [-0.1, -0.05) is 6.42 Å². The van der Waals surface area contributed by atoms with Gasteiger partial charge in [0.2, 0.25) is 0 Å². The van der Waals surface area contributed by atoms with Crippen LogP contribution in [0.4, 0.5) is 0 Å². The van der Waals surface area contributed by atoms with Gasteiger partial charge in [-0.05, 0) is 38.0 Å². The van der Waals surface area contributed by atoms with Gasteiger partial charge in [0.05, 0.1) is 6.20 Å². The van der Waals surface area contributed by atoms with E-state index >= 15 is 0 Å². The van der Waals surface area contributed by atoms with E-state index in [2.05, 4.69) is 9.97 Å². The number of imidazole rings is 1. The highest BCUT2D eigenvalue weighted by molar-refractivity contribution is 7.89. The van der Waals surface area contributed by atoms with Crippen molar-refractivity contribution in [1.82, 2.24) is 14.3 Å². The van der Waals surface area contributed by atoms with Crippen LogP contribution in [-0.2, 0) is 10.0 Å². The Balaban J connectivity index is 1.86. The highest BCUT2D eigenvalue weighted by Crippen LogP contribution is 2.36. The number of rotatable bonds is 2. The van der Waals surface area contributed by atoms with Gasteiger partial charge in [-0.2, -0.15) is 4.31 Å². The van der Waals surface area contributed by atoms with E-state index in [1.807, 2.05) is 0 Å². The molecule has 3 rings (SSSR count). The zero-order chi connectivity index (χ0) is 12.8. The normalized spacial score (nSPS) is 29.4. The van der Waals surface area contributed by atoms with Crippen molar-refractivity contribution in [3.8, 4) is 0 Å². The largest absolute Gasteiger partial charge is 0.332 e. The fourth-order valence-electron chi connectivity index (χ4n) is 3.25. The fraction of sp³-hybridized carbons (Fsp3) is 0.750. The first-order valence-corrected chi connectivity index (χ1v) is 8.01. The average molecular weight is 269 g/mol. The molecule has 100 valence electrons. The molecule has 0 spiro atoms. The van der Waals surface area contributed by atoms with Crippen LogP contribution in [0.5, 0.6) is 0 Å². The maximum atomic E-state index is 12.5. The second-order valence-electron chi connectivity index (χ2n) is 5.55. The Morgan fingerprint density at radius 3 is 2.56 bits per heavy atom. The number of H-pyrrole nitrogens is 1. The number of fused-ring (bicyclic) bond motifs is 2. The summed E-state index contributed by atoms with van der Waals surface area (Å²) in [5.74, 6) is 1.75. The van der Waals surface area contributed by atoms with Crippen LogP contribution >= 0.6 is 0 Å². The number of aromatic nitrogens is 2. The highest BCUT2D eigenvalue weighted by atomic mass is 32.2. The van der Waals surface area contributed by atoms with Crippen LogP contribution in [0.25, 0.3) is 0 Å². The lowest BCUT2D eigenvalue weighted by molar-refractivity contribution is 0.144. The Hall–Kier alpha value is -0.880. The molecule has 2 aliphatic rings. The van der Waals surface area contributed by atoms with Crippen molar-refractivity contribution < 1.29 is 8.42 Å². The third-order valence-electron chi connectivity index (χ3n) is 4.11. The van der Waals surface area contributed by atoms with E-state index < -0.39 is 10.0 Å². The number of aryl methyl sites for hydroxylation is 1. The minimum atomic E-state index is -3.37. The van der Waals surface area contributed by atoms with Crippen molar-refractivity contribution >= 4 is 10.0 Å². The molecular formula is C12H19N3O2S. The maximum absolute atomic E-state index is 12.5. The first kappa shape index (κ1) is 12.2. The molecule has 0 radical (unpaired) electrons. The second-order valence-corrected chi connectivity index (χ2v) is 7.46. The molecule has 1 aliphatic heterocycles. The van der Waals surface area contributed by atoms with Crippen molar-refractivity contribution in [2.45, 2.75) is 37.6 Å². The SMILES string of the molecule is Cc1ncc(S(=O)(=O)N2CC3CCCC(C3)C2)[nH]1. The van der Waals surface area contributed by atoms with E-state index in [-0.39, 0.29) is 5.03 Å². The van der Waals surface area contributed by atoms with Crippen LogP contribution in [0.1, 0.15) is 31.5 Å². The number of nitrogens with zero attached hydrogens (tertiary/aromatic N) is 2. The fourth-order valence-corrected chi connectivity index (χ4v) is 4.80. The zero-order valence-corrected chi connectivity index (χ0v) is 11.4. The van der Waals surface area contributed by atoms with Crippen LogP contribution < -0.4 is 0 Å². The van der Waals surface area contributed by atoms with E-state index in [0.717, 1.165) is 0 Å². The Morgan fingerprint density at radius 2 is 2.00 bits per heavy atom. The summed E-state index contributed by atoms with van der Waals surface area (Å²) in [6.07, 6.45) is 6.23. The molecule has 1 aromatic heterocycles. The molecule has 1 aromatic rings. The molecule has 2 atom stereocenters. The summed E-state index contributed by atoms with van der Waals surface area (Å²) in [4.78, 5) is 6.83. The van der Waals surface area contributed by atoms with E-state index in [0.29, 0.717) is 30.7 Å². The van der Waals surface area contributed by atoms with Gasteiger partial charge in [0.25, 0.3) is 10.0 Å². The van der Waals surface area contributed by atoms with Crippen LogP contribution in [0.3, 0.4) is 0 Å². The summed E-state index contributed by atoms with van der Waals surface area (Å²) >= 11 is 0. The predicted octanol–water partition coefficient (Wildman–Crippen LogP) is 1.53. The molecule has 5 nitrogen and oxygen atoms in total. The minimum Gasteiger partial charge on any atom is -0.332 e. The summed E-state index contributed by atoms with van der Waals surface area (Å²) in [6, 6.07) is 0. The molecule has 2 unspecified atom stereocenters. The standard InChI is InChI=1S/C12H19N3O2S/c1-9-13-6-12(14-9)18(16,17)15-7-10-3-2-4-11(5-10)8-15/h6,10-11H,2-5,7-8H2,1H3,(H,13,14). The first-order chi connectivity index (χ1) is 8.55. The van der Waals surface area contributed by atoms with Gasteiger partial charge >= 0.3 is 0 Å². The summed E-state index contributed by atoms with van der Waals surface area (Å²) in [6.45, 7) is 3.12. The number of hydrogen-bond donors (Lipinski definition) is 1. The lowest BCUT2D eigenvalue weighted by Gasteiger charge is -2.40. The number of sulfonamides is 1. The quantitative estimate of drug-likeness (QED) is 0.885. The van der Waals surface area contributed by atoms with Crippen LogP contribution in [0.2, 0.25) is 0 Å². The maximum Gasteiger partial charge on any atom is 0.260 e. The van der Waals surface area contributed by atoms with Crippen molar-refractivity contribution in [2.24, 2.45) is 11.8 Å². The molecule has 2 heterocycles. The molecule has 0 aromatic carbocycles. The third kappa shape index (κ3) is 2.07. The van der Waals surface area contributed by atoms with Gasteiger partial charge in [0.1, 0.15) is 5.82 Å². The van der Waals surface area contributed by atoms with E-state index in [1.54, 1.807) is 11.2 Å². The minimum absolute atomic E-state index is 0.236. The average Bonchev–Trinajstić information content (AvgIpc) is 2.76. The van der Waals surface area contributed by atoms with Gasteiger partial charge in [0.15, 0.2) is 5.03 Å². The smallest absolute Gasteiger partial charge is 0.260 e. The van der Waals surface area contributed by atoms with Crippen molar-refractivity contribution in [1.29, 1.82) is 0 Å². The lowest BCUT2D eigenvalue weighted by Crippen LogP contribution is -2.45. The Kier molecular flexibility index (Phi) is 2.94. The number of aromatic amines is 1.